The Labute approximate surface area is 227 Å². The molecule has 5 rings (SSSR count). The average Bonchev–Trinajstić information content (AvgIpc) is 3.46. The predicted octanol–water partition coefficient (Wildman–Crippen LogP) is 6.55. The number of para-hydroxylation sites is 3. The molecule has 0 radical (unpaired) electrons. The van der Waals surface area contributed by atoms with Crippen LogP contribution in [-0.4, -0.2) is 27.6 Å². The van der Waals surface area contributed by atoms with E-state index < -0.39 is 12.1 Å². The summed E-state index contributed by atoms with van der Waals surface area (Å²) in [7, 11) is 1.55. The summed E-state index contributed by atoms with van der Waals surface area (Å²) >= 11 is 3.46. The lowest BCUT2D eigenvalue weighted by Crippen LogP contribution is -2.39. The SMILES string of the molecule is COc1ccccc1NC(=O)N(Cc1ccco1)C(C)c1nc2ccccc2c(=O)n1-c1ccc(Br)cc1. The minimum absolute atomic E-state index is 0.151. The first kappa shape index (κ1) is 25.3. The standard InChI is InChI=1S/C29H25BrN4O4/c1-19(33(18-22-8-7-17-38-22)29(36)32-25-11-5-6-12-26(25)37-2)27-31-24-10-4-3-9-23(24)28(35)34(27)21-15-13-20(30)14-16-21/h3-17,19H,18H2,1-2H3,(H,32,36). The van der Waals surface area contributed by atoms with Crippen molar-refractivity contribution in [3.05, 3.63) is 118 Å². The summed E-state index contributed by atoms with van der Waals surface area (Å²) < 4.78 is 13.4. The van der Waals surface area contributed by atoms with Crippen LogP contribution in [0.2, 0.25) is 0 Å². The number of urea groups is 1. The van der Waals surface area contributed by atoms with E-state index in [1.54, 1.807) is 59.2 Å². The molecule has 0 bridgehead atoms. The number of amides is 2. The quantitative estimate of drug-likeness (QED) is 0.239. The fourth-order valence-corrected chi connectivity index (χ4v) is 4.56. The molecule has 0 aliphatic rings. The third-order valence-corrected chi connectivity index (χ3v) is 6.77. The second-order valence-electron chi connectivity index (χ2n) is 8.62. The number of nitrogens with one attached hydrogen (secondary N) is 1. The number of rotatable bonds is 7. The van der Waals surface area contributed by atoms with Gasteiger partial charge in [-0.2, -0.15) is 0 Å². The lowest BCUT2D eigenvalue weighted by Gasteiger charge is -2.30. The number of furan rings is 1. The van der Waals surface area contributed by atoms with Crippen LogP contribution >= 0.6 is 15.9 Å². The normalized spacial score (nSPS) is 11.8. The summed E-state index contributed by atoms with van der Waals surface area (Å²) in [6, 6.07) is 24.3. The van der Waals surface area contributed by atoms with Crippen molar-refractivity contribution in [3.8, 4) is 11.4 Å². The van der Waals surface area contributed by atoms with Crippen molar-refractivity contribution in [1.29, 1.82) is 0 Å². The van der Waals surface area contributed by atoms with E-state index in [0.29, 0.717) is 39.6 Å². The Kier molecular flexibility index (Phi) is 7.28. The maximum atomic E-state index is 13.8. The Hall–Kier alpha value is -4.37. The number of hydrogen-bond donors (Lipinski definition) is 1. The zero-order valence-electron chi connectivity index (χ0n) is 20.8. The summed E-state index contributed by atoms with van der Waals surface area (Å²) in [5.74, 6) is 1.53. The monoisotopic (exact) mass is 572 g/mol. The summed E-state index contributed by atoms with van der Waals surface area (Å²) in [4.78, 5) is 34.0. The number of nitrogens with zero attached hydrogens (tertiary/aromatic N) is 3. The molecule has 1 unspecified atom stereocenters. The Balaban J connectivity index is 1.64. The molecule has 1 atom stereocenters. The van der Waals surface area contributed by atoms with Gasteiger partial charge in [0.25, 0.3) is 5.56 Å². The number of anilines is 1. The van der Waals surface area contributed by atoms with Crippen LogP contribution in [0.25, 0.3) is 16.6 Å². The van der Waals surface area contributed by atoms with Gasteiger partial charge in [0.15, 0.2) is 0 Å². The second kappa shape index (κ2) is 10.9. The molecule has 0 spiro atoms. The first-order valence-corrected chi connectivity index (χ1v) is 12.8. The van der Waals surface area contributed by atoms with Crippen molar-refractivity contribution in [2.45, 2.75) is 19.5 Å². The molecule has 3 aromatic carbocycles. The van der Waals surface area contributed by atoms with Gasteiger partial charge in [0.1, 0.15) is 17.3 Å². The second-order valence-corrected chi connectivity index (χ2v) is 9.53. The van der Waals surface area contributed by atoms with Crippen LogP contribution in [0.5, 0.6) is 5.75 Å². The number of ether oxygens (including phenoxy) is 1. The van der Waals surface area contributed by atoms with Gasteiger partial charge in [0, 0.05) is 4.47 Å². The van der Waals surface area contributed by atoms with E-state index in [1.165, 1.54) is 0 Å². The maximum Gasteiger partial charge on any atom is 0.322 e. The highest BCUT2D eigenvalue weighted by Crippen LogP contribution is 2.28. The van der Waals surface area contributed by atoms with Gasteiger partial charge in [0.2, 0.25) is 0 Å². The summed E-state index contributed by atoms with van der Waals surface area (Å²) in [5.41, 5.74) is 1.49. The van der Waals surface area contributed by atoms with Crippen LogP contribution in [0.15, 0.2) is 105 Å². The summed E-state index contributed by atoms with van der Waals surface area (Å²) in [6.45, 7) is 1.99. The molecule has 0 aliphatic carbocycles. The Bertz CT molecular complexity index is 1630. The highest BCUT2D eigenvalue weighted by atomic mass is 79.9. The van der Waals surface area contributed by atoms with Crippen molar-refractivity contribution in [2.24, 2.45) is 0 Å². The zero-order valence-corrected chi connectivity index (χ0v) is 22.4. The van der Waals surface area contributed by atoms with E-state index in [2.05, 4.69) is 21.2 Å². The molecular formula is C29H25BrN4O4. The first-order chi connectivity index (χ1) is 18.5. The van der Waals surface area contributed by atoms with E-state index in [0.717, 1.165) is 4.47 Å². The number of carbonyl (C=O) groups is 1. The lowest BCUT2D eigenvalue weighted by molar-refractivity contribution is 0.179. The molecule has 2 aromatic heterocycles. The Morgan fingerprint density at radius 2 is 1.79 bits per heavy atom. The van der Waals surface area contributed by atoms with E-state index >= 15 is 0 Å². The van der Waals surface area contributed by atoms with E-state index in [-0.39, 0.29) is 12.1 Å². The molecule has 2 heterocycles. The maximum absolute atomic E-state index is 13.8. The molecule has 2 amide bonds. The molecule has 1 N–H and O–H groups in total. The van der Waals surface area contributed by atoms with Crippen molar-refractivity contribution < 1.29 is 13.9 Å². The van der Waals surface area contributed by atoms with Crippen LogP contribution in [-0.2, 0) is 6.54 Å². The minimum Gasteiger partial charge on any atom is -0.495 e. The van der Waals surface area contributed by atoms with Crippen molar-refractivity contribution in [1.82, 2.24) is 14.5 Å². The van der Waals surface area contributed by atoms with Crippen LogP contribution in [0, 0.1) is 0 Å². The van der Waals surface area contributed by atoms with Gasteiger partial charge in [-0.25, -0.2) is 9.78 Å². The van der Waals surface area contributed by atoms with E-state index in [1.807, 2.05) is 55.5 Å². The van der Waals surface area contributed by atoms with Gasteiger partial charge in [-0.1, -0.05) is 40.2 Å². The molecule has 8 nitrogen and oxygen atoms in total. The molecule has 192 valence electrons. The molecule has 0 fully saturated rings. The number of benzene rings is 3. The van der Waals surface area contributed by atoms with Crippen LogP contribution in [0.4, 0.5) is 10.5 Å². The fourth-order valence-electron chi connectivity index (χ4n) is 4.30. The molecule has 5 aromatic rings. The third kappa shape index (κ3) is 5.05. The van der Waals surface area contributed by atoms with Gasteiger partial charge >= 0.3 is 6.03 Å². The van der Waals surface area contributed by atoms with Crippen molar-refractivity contribution >= 4 is 38.6 Å². The fraction of sp³-hybridized carbons (Fsp3) is 0.138. The largest absolute Gasteiger partial charge is 0.495 e. The van der Waals surface area contributed by atoms with E-state index in [9.17, 15) is 9.59 Å². The number of halogens is 1. The highest BCUT2D eigenvalue weighted by molar-refractivity contribution is 9.10. The van der Waals surface area contributed by atoms with Crippen LogP contribution in [0.3, 0.4) is 0 Å². The van der Waals surface area contributed by atoms with Crippen LogP contribution < -0.4 is 15.6 Å². The highest BCUT2D eigenvalue weighted by Gasteiger charge is 2.28. The summed E-state index contributed by atoms with van der Waals surface area (Å²) in [5, 5.41) is 3.43. The molecule has 0 aliphatic heterocycles. The van der Waals surface area contributed by atoms with Gasteiger partial charge in [-0.3, -0.25) is 9.36 Å². The number of hydrogen-bond acceptors (Lipinski definition) is 5. The minimum atomic E-state index is -0.629. The van der Waals surface area contributed by atoms with E-state index in [4.69, 9.17) is 14.1 Å². The smallest absolute Gasteiger partial charge is 0.322 e. The molecular weight excluding hydrogens is 548 g/mol. The predicted molar refractivity (Wildman–Crippen MR) is 150 cm³/mol. The van der Waals surface area contributed by atoms with Crippen LogP contribution in [0.1, 0.15) is 24.6 Å². The first-order valence-electron chi connectivity index (χ1n) is 12.0. The number of methoxy groups -OCH3 is 1. The average molecular weight is 573 g/mol. The van der Waals surface area contributed by atoms with Crippen molar-refractivity contribution in [2.75, 3.05) is 12.4 Å². The topological polar surface area (TPSA) is 89.6 Å². The lowest BCUT2D eigenvalue weighted by atomic mass is 10.2. The summed E-state index contributed by atoms with van der Waals surface area (Å²) in [6.07, 6.45) is 1.56. The number of carbonyl (C=O) groups excluding carboxylic acids is 1. The third-order valence-electron chi connectivity index (χ3n) is 6.24. The molecule has 38 heavy (non-hydrogen) atoms. The molecule has 0 saturated carbocycles. The van der Waals surface area contributed by atoms with Gasteiger partial charge in [-0.05, 0) is 67.6 Å². The van der Waals surface area contributed by atoms with Crippen molar-refractivity contribution in [3.63, 3.8) is 0 Å². The zero-order chi connectivity index (χ0) is 26.6. The molecule has 9 heteroatoms. The number of fused-ring (bicyclic) bond motifs is 1. The number of aromatic nitrogens is 2. The molecule has 0 saturated heterocycles. The Morgan fingerprint density at radius 1 is 1.05 bits per heavy atom. The van der Waals surface area contributed by atoms with Gasteiger partial charge < -0.3 is 19.4 Å². The Morgan fingerprint density at radius 3 is 2.53 bits per heavy atom. The van der Waals surface area contributed by atoms with Gasteiger partial charge in [0.05, 0.1) is 48.2 Å². The van der Waals surface area contributed by atoms with Gasteiger partial charge in [-0.15, -0.1) is 0 Å².